The first-order chi connectivity index (χ1) is 8.86. The van der Waals surface area contributed by atoms with E-state index in [0.717, 1.165) is 12.8 Å². The Kier molecular flexibility index (Phi) is 3.86. The van der Waals surface area contributed by atoms with Crippen molar-refractivity contribution in [1.29, 1.82) is 5.26 Å². The predicted molar refractivity (Wildman–Crippen MR) is 70.9 cm³/mol. The van der Waals surface area contributed by atoms with Crippen LogP contribution in [-0.4, -0.2) is 31.4 Å². The zero-order valence-corrected chi connectivity index (χ0v) is 12.0. The largest absolute Gasteiger partial charge is 0.338 e. The highest BCUT2D eigenvalue weighted by Gasteiger charge is 2.40. The third kappa shape index (κ3) is 3.27. The molecule has 0 bridgehead atoms. The van der Waals surface area contributed by atoms with Crippen LogP contribution in [0.4, 0.5) is 0 Å². The van der Waals surface area contributed by atoms with E-state index in [-0.39, 0.29) is 17.4 Å². The lowest BCUT2D eigenvalue weighted by atomic mass is 9.77. The van der Waals surface area contributed by atoms with Crippen molar-refractivity contribution in [3.63, 3.8) is 0 Å². The van der Waals surface area contributed by atoms with Crippen molar-refractivity contribution < 1.29 is 13.2 Å². The van der Waals surface area contributed by atoms with E-state index in [0.29, 0.717) is 25.2 Å². The molecule has 1 N–H and O–H groups in total. The summed E-state index contributed by atoms with van der Waals surface area (Å²) in [6.07, 6.45) is 3.56. The van der Waals surface area contributed by atoms with Gasteiger partial charge in [0.1, 0.15) is 5.54 Å². The number of carbonyl (C=O) groups is 1. The molecule has 2 aliphatic rings. The molecule has 2 rings (SSSR count). The van der Waals surface area contributed by atoms with Gasteiger partial charge in [0.15, 0.2) is 9.84 Å². The molecule has 2 fully saturated rings. The van der Waals surface area contributed by atoms with Crippen LogP contribution in [0.25, 0.3) is 0 Å². The van der Waals surface area contributed by atoms with Crippen LogP contribution in [0.5, 0.6) is 0 Å². The smallest absolute Gasteiger partial charge is 0.225 e. The molecule has 5 nitrogen and oxygen atoms in total. The van der Waals surface area contributed by atoms with Gasteiger partial charge in [0.2, 0.25) is 5.91 Å². The van der Waals surface area contributed by atoms with E-state index in [1.54, 1.807) is 0 Å². The number of nitrogens with zero attached hydrogens (tertiary/aromatic N) is 1. The van der Waals surface area contributed by atoms with Crippen LogP contribution in [-0.2, 0) is 14.6 Å². The van der Waals surface area contributed by atoms with Crippen molar-refractivity contribution in [3.05, 3.63) is 0 Å². The fourth-order valence-electron chi connectivity index (χ4n) is 2.86. The van der Waals surface area contributed by atoms with E-state index in [1.165, 1.54) is 0 Å². The molecule has 1 amide bonds. The van der Waals surface area contributed by atoms with Gasteiger partial charge in [0.05, 0.1) is 23.5 Å². The van der Waals surface area contributed by atoms with E-state index in [2.05, 4.69) is 18.3 Å². The second-order valence-electron chi connectivity index (χ2n) is 5.97. The fraction of sp³-hybridized carbons (Fsp3) is 0.846. The zero-order chi connectivity index (χ0) is 14.1. The Morgan fingerprint density at radius 3 is 2.42 bits per heavy atom. The van der Waals surface area contributed by atoms with Gasteiger partial charge < -0.3 is 5.32 Å². The van der Waals surface area contributed by atoms with E-state index in [9.17, 15) is 18.5 Å². The Hall–Kier alpha value is -1.09. The van der Waals surface area contributed by atoms with Crippen LogP contribution in [0.15, 0.2) is 0 Å². The molecule has 0 aromatic heterocycles. The Bertz CT molecular complexity index is 498. The summed E-state index contributed by atoms with van der Waals surface area (Å²) in [6, 6.07) is 2.23. The molecular weight excluding hydrogens is 264 g/mol. The Labute approximate surface area is 114 Å². The van der Waals surface area contributed by atoms with Crippen molar-refractivity contribution in [3.8, 4) is 6.07 Å². The predicted octanol–water partition coefficient (Wildman–Crippen LogP) is 1.01. The molecular formula is C13H20N2O3S. The molecule has 6 heteroatoms. The molecule has 1 aliphatic carbocycles. The van der Waals surface area contributed by atoms with Crippen LogP contribution < -0.4 is 5.32 Å². The number of carbonyl (C=O) groups excluding carboxylic acids is 1. The minimum atomic E-state index is -3.06. The van der Waals surface area contributed by atoms with Gasteiger partial charge in [-0.1, -0.05) is 6.92 Å². The maximum absolute atomic E-state index is 12.1. The molecule has 106 valence electrons. The summed E-state index contributed by atoms with van der Waals surface area (Å²) in [6.45, 7) is 2.15. The third-order valence-corrected chi connectivity index (χ3v) is 6.08. The van der Waals surface area contributed by atoms with E-state index in [4.69, 9.17) is 0 Å². The third-order valence-electron chi connectivity index (χ3n) is 4.31. The number of nitrogens with one attached hydrogen (secondary N) is 1. The molecule has 1 atom stereocenters. The van der Waals surface area contributed by atoms with Gasteiger partial charge >= 0.3 is 0 Å². The topological polar surface area (TPSA) is 87.0 Å². The highest BCUT2D eigenvalue weighted by molar-refractivity contribution is 7.91. The average molecular weight is 284 g/mol. The van der Waals surface area contributed by atoms with Gasteiger partial charge in [-0.15, -0.1) is 0 Å². The SMILES string of the molecule is CC1CCC(C#N)(NC(=O)C2CCS(=O)(=O)C2)CC1. The molecule has 1 saturated heterocycles. The standard InChI is InChI=1S/C13H20N2O3S/c1-10-2-5-13(9-14,6-3-10)15-12(16)11-4-7-19(17,18)8-11/h10-11H,2-8H2,1H3,(H,15,16). The summed E-state index contributed by atoms with van der Waals surface area (Å²) in [5.41, 5.74) is -0.782. The first-order valence-corrected chi connectivity index (χ1v) is 8.62. The average Bonchev–Trinajstić information content (AvgIpc) is 2.73. The van der Waals surface area contributed by atoms with Crippen molar-refractivity contribution in [2.75, 3.05) is 11.5 Å². The highest BCUT2D eigenvalue weighted by Crippen LogP contribution is 2.32. The zero-order valence-electron chi connectivity index (χ0n) is 11.2. The Morgan fingerprint density at radius 1 is 1.32 bits per heavy atom. The molecule has 0 aromatic rings. The summed E-state index contributed by atoms with van der Waals surface area (Å²) in [4.78, 5) is 12.1. The summed E-state index contributed by atoms with van der Waals surface area (Å²) >= 11 is 0. The number of hydrogen-bond acceptors (Lipinski definition) is 4. The number of rotatable bonds is 2. The highest BCUT2D eigenvalue weighted by atomic mass is 32.2. The Morgan fingerprint density at radius 2 is 1.95 bits per heavy atom. The Balaban J connectivity index is 2.00. The maximum atomic E-state index is 12.1. The molecule has 0 aromatic carbocycles. The molecule has 0 radical (unpaired) electrons. The number of sulfone groups is 1. The summed E-state index contributed by atoms with van der Waals surface area (Å²) in [5.74, 6) is -0.143. The summed E-state index contributed by atoms with van der Waals surface area (Å²) in [5, 5.41) is 12.2. The lowest BCUT2D eigenvalue weighted by molar-refractivity contribution is -0.126. The van der Waals surface area contributed by atoms with Gasteiger partial charge in [-0.05, 0) is 38.0 Å². The first kappa shape index (κ1) is 14.3. The quantitative estimate of drug-likeness (QED) is 0.819. The molecule has 1 unspecified atom stereocenters. The summed E-state index contributed by atoms with van der Waals surface area (Å²) < 4.78 is 22.8. The lowest BCUT2D eigenvalue weighted by Gasteiger charge is -2.35. The monoisotopic (exact) mass is 284 g/mol. The summed E-state index contributed by atoms with van der Waals surface area (Å²) in [7, 11) is -3.06. The van der Waals surface area contributed by atoms with Crippen LogP contribution >= 0.6 is 0 Å². The fourth-order valence-corrected chi connectivity index (χ4v) is 4.60. The van der Waals surface area contributed by atoms with Gasteiger partial charge in [0, 0.05) is 0 Å². The minimum absolute atomic E-state index is 0.0727. The van der Waals surface area contributed by atoms with Gasteiger partial charge in [-0.2, -0.15) is 5.26 Å². The first-order valence-electron chi connectivity index (χ1n) is 6.79. The number of amides is 1. The molecule has 1 heterocycles. The van der Waals surface area contributed by atoms with Gasteiger partial charge in [0.25, 0.3) is 0 Å². The molecule has 1 saturated carbocycles. The number of hydrogen-bond donors (Lipinski definition) is 1. The second-order valence-corrected chi connectivity index (χ2v) is 8.19. The lowest BCUT2D eigenvalue weighted by Crippen LogP contribution is -2.51. The van der Waals surface area contributed by atoms with E-state index >= 15 is 0 Å². The van der Waals surface area contributed by atoms with Crippen molar-refractivity contribution in [1.82, 2.24) is 5.32 Å². The van der Waals surface area contributed by atoms with Crippen LogP contribution in [0.3, 0.4) is 0 Å². The van der Waals surface area contributed by atoms with Crippen LogP contribution in [0, 0.1) is 23.2 Å². The maximum Gasteiger partial charge on any atom is 0.225 e. The van der Waals surface area contributed by atoms with Gasteiger partial charge in [-0.3, -0.25) is 4.79 Å². The molecule has 19 heavy (non-hydrogen) atoms. The van der Waals surface area contributed by atoms with Crippen molar-refractivity contribution in [2.24, 2.45) is 11.8 Å². The van der Waals surface area contributed by atoms with Crippen LogP contribution in [0.1, 0.15) is 39.0 Å². The minimum Gasteiger partial charge on any atom is -0.338 e. The van der Waals surface area contributed by atoms with Gasteiger partial charge in [-0.25, -0.2) is 8.42 Å². The molecule has 1 aliphatic heterocycles. The molecule has 0 spiro atoms. The number of nitriles is 1. The van der Waals surface area contributed by atoms with E-state index < -0.39 is 21.3 Å². The van der Waals surface area contributed by atoms with Crippen LogP contribution in [0.2, 0.25) is 0 Å². The normalized spacial score (nSPS) is 37.5. The van der Waals surface area contributed by atoms with Crippen molar-refractivity contribution in [2.45, 2.75) is 44.6 Å². The second kappa shape index (κ2) is 5.12. The van der Waals surface area contributed by atoms with E-state index in [1.807, 2.05) is 0 Å². The van der Waals surface area contributed by atoms with Crippen molar-refractivity contribution >= 4 is 15.7 Å².